The summed E-state index contributed by atoms with van der Waals surface area (Å²) in [4.78, 5) is 14.1. The number of hydrogen-bond acceptors (Lipinski definition) is 4. The van der Waals surface area contributed by atoms with Crippen molar-refractivity contribution in [3.63, 3.8) is 0 Å². The van der Waals surface area contributed by atoms with Crippen LogP contribution in [-0.4, -0.2) is 19.1 Å². The summed E-state index contributed by atoms with van der Waals surface area (Å²) in [7, 11) is 0. The number of carbonyl (C=O) groups is 1. The van der Waals surface area contributed by atoms with Crippen LogP contribution >= 0.6 is 11.6 Å². The molecule has 4 rings (SSSR count). The number of para-hydroxylation sites is 1. The molecule has 2 aromatic carbocycles. The molecule has 5 heteroatoms. The molecular formula is C17H14ClNO3. The highest BCUT2D eigenvalue weighted by atomic mass is 35.5. The fourth-order valence-electron chi connectivity index (χ4n) is 2.91. The molecule has 0 aliphatic carbocycles. The predicted octanol–water partition coefficient (Wildman–Crippen LogP) is 3.66. The molecule has 0 saturated carbocycles. The van der Waals surface area contributed by atoms with Crippen molar-refractivity contribution in [2.24, 2.45) is 0 Å². The Morgan fingerprint density at radius 3 is 2.82 bits per heavy atom. The molecule has 0 aromatic heterocycles. The van der Waals surface area contributed by atoms with E-state index in [0.29, 0.717) is 42.6 Å². The first-order valence-electron chi connectivity index (χ1n) is 7.18. The number of carbonyl (C=O) groups excluding carboxylic acids is 1. The van der Waals surface area contributed by atoms with Gasteiger partial charge in [-0.1, -0.05) is 23.7 Å². The highest BCUT2D eigenvalue weighted by Gasteiger charge is 2.28. The topological polar surface area (TPSA) is 38.8 Å². The van der Waals surface area contributed by atoms with Crippen LogP contribution in [0, 0.1) is 0 Å². The molecule has 2 heterocycles. The molecule has 112 valence electrons. The molecule has 2 aromatic rings. The van der Waals surface area contributed by atoms with Crippen LogP contribution in [0.2, 0.25) is 5.02 Å². The van der Waals surface area contributed by atoms with E-state index in [2.05, 4.69) is 0 Å². The first-order chi connectivity index (χ1) is 10.7. The van der Waals surface area contributed by atoms with Gasteiger partial charge >= 0.3 is 0 Å². The van der Waals surface area contributed by atoms with Gasteiger partial charge in [0, 0.05) is 6.42 Å². The van der Waals surface area contributed by atoms with E-state index in [1.807, 2.05) is 35.2 Å². The van der Waals surface area contributed by atoms with E-state index in [4.69, 9.17) is 21.1 Å². The Kier molecular flexibility index (Phi) is 3.19. The minimum atomic E-state index is 0.124. The maximum atomic E-state index is 12.0. The molecule has 0 spiro atoms. The van der Waals surface area contributed by atoms with E-state index in [9.17, 15) is 4.79 Å². The maximum Gasteiger partial charge on any atom is 0.170 e. The Bertz CT molecular complexity index is 760. The molecule has 22 heavy (non-hydrogen) atoms. The van der Waals surface area contributed by atoms with Crippen LogP contribution < -0.4 is 14.4 Å². The highest BCUT2D eigenvalue weighted by molar-refractivity contribution is 6.33. The summed E-state index contributed by atoms with van der Waals surface area (Å²) in [6.45, 7) is 1.45. The molecule has 0 fully saturated rings. The van der Waals surface area contributed by atoms with Crippen LogP contribution in [0.5, 0.6) is 11.5 Å². The molecule has 0 saturated heterocycles. The molecule has 0 N–H and O–H groups in total. The minimum absolute atomic E-state index is 0.124. The number of fused-ring (bicyclic) bond motifs is 3. The van der Waals surface area contributed by atoms with Gasteiger partial charge in [0.15, 0.2) is 12.5 Å². The van der Waals surface area contributed by atoms with Crippen LogP contribution in [0.15, 0.2) is 36.4 Å². The summed E-state index contributed by atoms with van der Waals surface area (Å²) in [6, 6.07) is 11.3. The summed E-state index contributed by atoms with van der Waals surface area (Å²) in [6.07, 6.45) is 0.431. The van der Waals surface area contributed by atoms with Crippen molar-refractivity contribution in [1.82, 2.24) is 0 Å². The fourth-order valence-corrected chi connectivity index (χ4v) is 3.16. The average Bonchev–Trinajstić information content (AvgIpc) is 2.55. The second-order valence-electron chi connectivity index (χ2n) is 5.36. The van der Waals surface area contributed by atoms with Gasteiger partial charge in [0.25, 0.3) is 0 Å². The summed E-state index contributed by atoms with van der Waals surface area (Å²) >= 11 is 6.27. The summed E-state index contributed by atoms with van der Waals surface area (Å²) in [5, 5.41) is 0.677. The maximum absolute atomic E-state index is 12.0. The van der Waals surface area contributed by atoms with Crippen molar-refractivity contribution in [1.29, 1.82) is 0 Å². The third-order valence-corrected chi connectivity index (χ3v) is 4.33. The van der Waals surface area contributed by atoms with E-state index >= 15 is 0 Å². The van der Waals surface area contributed by atoms with Gasteiger partial charge in [0.2, 0.25) is 0 Å². The van der Waals surface area contributed by atoms with Gasteiger partial charge in [-0.05, 0) is 24.3 Å². The zero-order valence-corrected chi connectivity index (χ0v) is 12.6. The average molecular weight is 316 g/mol. The van der Waals surface area contributed by atoms with Crippen LogP contribution in [0.25, 0.3) is 0 Å². The van der Waals surface area contributed by atoms with Gasteiger partial charge in [-0.25, -0.2) is 0 Å². The Morgan fingerprint density at radius 2 is 1.95 bits per heavy atom. The highest BCUT2D eigenvalue weighted by Crippen LogP contribution is 2.40. The molecule has 0 bridgehead atoms. The lowest BCUT2D eigenvalue weighted by atomic mass is 9.99. The zero-order valence-electron chi connectivity index (χ0n) is 11.8. The number of nitrogens with zero attached hydrogens (tertiary/aromatic N) is 1. The monoisotopic (exact) mass is 315 g/mol. The molecule has 4 nitrogen and oxygen atoms in total. The molecule has 0 radical (unpaired) electrons. The van der Waals surface area contributed by atoms with Crippen LogP contribution in [0.4, 0.5) is 5.69 Å². The van der Waals surface area contributed by atoms with Crippen LogP contribution in [0.1, 0.15) is 22.3 Å². The smallest absolute Gasteiger partial charge is 0.170 e. The number of benzene rings is 2. The second-order valence-corrected chi connectivity index (χ2v) is 5.77. The van der Waals surface area contributed by atoms with Gasteiger partial charge in [-0.2, -0.15) is 0 Å². The first kappa shape index (κ1) is 13.5. The predicted molar refractivity (Wildman–Crippen MR) is 84.0 cm³/mol. The van der Waals surface area contributed by atoms with Crippen molar-refractivity contribution < 1.29 is 14.3 Å². The third kappa shape index (κ3) is 2.11. The van der Waals surface area contributed by atoms with Gasteiger partial charge in [0.1, 0.15) is 11.5 Å². The van der Waals surface area contributed by atoms with Gasteiger partial charge in [0.05, 0.1) is 35.0 Å². The normalized spacial score (nSPS) is 16.4. The number of Topliss-reactive ketones (excluding diaryl/α,β-unsaturated/α-hetero) is 1. The van der Waals surface area contributed by atoms with E-state index in [1.165, 1.54) is 0 Å². The summed E-state index contributed by atoms with van der Waals surface area (Å²) < 4.78 is 11.6. The molecule has 0 atom stereocenters. The number of ether oxygens (including phenoxy) is 2. The SMILES string of the molecule is O=C1CCOc2c1ccc1c2CN(c2ccccc2Cl)CO1. The number of halogens is 1. The van der Waals surface area contributed by atoms with E-state index < -0.39 is 0 Å². The summed E-state index contributed by atoms with van der Waals surface area (Å²) in [5.74, 6) is 1.56. The van der Waals surface area contributed by atoms with E-state index in [0.717, 1.165) is 17.0 Å². The quantitative estimate of drug-likeness (QED) is 0.805. The Morgan fingerprint density at radius 1 is 1.09 bits per heavy atom. The number of hydrogen-bond donors (Lipinski definition) is 0. The lowest BCUT2D eigenvalue weighted by Crippen LogP contribution is -2.33. The van der Waals surface area contributed by atoms with E-state index in [-0.39, 0.29) is 5.78 Å². The van der Waals surface area contributed by atoms with Crippen molar-refractivity contribution in [3.8, 4) is 11.5 Å². The van der Waals surface area contributed by atoms with Gasteiger partial charge in [-0.15, -0.1) is 0 Å². The Hall–Kier alpha value is -2.20. The zero-order chi connectivity index (χ0) is 15.1. The molecular weight excluding hydrogens is 302 g/mol. The number of anilines is 1. The van der Waals surface area contributed by atoms with Gasteiger partial charge < -0.3 is 14.4 Å². The largest absolute Gasteiger partial charge is 0.492 e. The van der Waals surface area contributed by atoms with E-state index in [1.54, 1.807) is 6.07 Å². The van der Waals surface area contributed by atoms with Crippen molar-refractivity contribution >= 4 is 23.1 Å². The molecule has 2 aliphatic rings. The number of rotatable bonds is 1. The lowest BCUT2D eigenvalue weighted by Gasteiger charge is -2.33. The van der Waals surface area contributed by atoms with Gasteiger partial charge in [-0.3, -0.25) is 4.79 Å². The van der Waals surface area contributed by atoms with Crippen molar-refractivity contribution in [2.45, 2.75) is 13.0 Å². The first-order valence-corrected chi connectivity index (χ1v) is 7.56. The molecule has 2 aliphatic heterocycles. The Balaban J connectivity index is 1.75. The second kappa shape index (κ2) is 5.21. The lowest BCUT2D eigenvalue weighted by molar-refractivity contribution is 0.0931. The fraction of sp³-hybridized carbons (Fsp3) is 0.235. The number of ketones is 1. The van der Waals surface area contributed by atoms with Crippen molar-refractivity contribution in [3.05, 3.63) is 52.5 Å². The molecule has 0 unspecified atom stereocenters. The van der Waals surface area contributed by atoms with Crippen LogP contribution in [-0.2, 0) is 6.54 Å². The third-order valence-electron chi connectivity index (χ3n) is 4.01. The van der Waals surface area contributed by atoms with Crippen molar-refractivity contribution in [2.75, 3.05) is 18.2 Å². The minimum Gasteiger partial charge on any atom is -0.492 e. The molecule has 0 amide bonds. The summed E-state index contributed by atoms with van der Waals surface area (Å²) in [5.41, 5.74) is 2.47. The van der Waals surface area contributed by atoms with Crippen LogP contribution in [0.3, 0.4) is 0 Å². The Labute approximate surface area is 133 Å². The standard InChI is InChI=1S/C17H14ClNO3/c18-13-3-1-2-4-14(13)19-9-12-16(22-10-19)6-5-11-15(20)7-8-21-17(11)12/h1-6H,7-10H2.